The Hall–Kier alpha value is -1.69. The maximum absolute atomic E-state index is 12.4. The van der Waals surface area contributed by atoms with E-state index in [0.717, 1.165) is 28.6 Å². The Balaban J connectivity index is 2.26. The molecule has 0 unspecified atom stereocenters. The Labute approximate surface area is 105 Å². The summed E-state index contributed by atoms with van der Waals surface area (Å²) < 4.78 is 37.2. The summed E-state index contributed by atoms with van der Waals surface area (Å²) in [6.07, 6.45) is -3.34. The topological polar surface area (TPSA) is 30.0 Å². The fourth-order valence-electron chi connectivity index (χ4n) is 1.42. The lowest BCUT2D eigenvalue weighted by atomic mass is 10.1. The van der Waals surface area contributed by atoms with E-state index < -0.39 is 11.9 Å². The fourth-order valence-corrected chi connectivity index (χ4v) is 2.25. The Morgan fingerprint density at radius 2 is 1.89 bits per heavy atom. The molecule has 2 nitrogen and oxygen atoms in total. The van der Waals surface area contributed by atoms with E-state index in [-0.39, 0.29) is 0 Å². The molecule has 0 aliphatic carbocycles. The smallest absolute Gasteiger partial charge is 0.303 e. The Kier molecular flexibility index (Phi) is 3.47. The van der Waals surface area contributed by atoms with E-state index >= 15 is 0 Å². The average Bonchev–Trinajstić information content (AvgIpc) is 2.79. The molecule has 0 saturated carbocycles. The normalized spacial score (nSPS) is 11.5. The highest BCUT2D eigenvalue weighted by Gasteiger charge is 2.33. The molecule has 0 saturated heterocycles. The minimum Gasteiger partial charge on any atom is -0.303 e. The number of aldehydes is 1. The number of hydrogen-bond acceptors (Lipinski definition) is 3. The first-order valence-electron chi connectivity index (χ1n) is 5.06. The zero-order valence-electron chi connectivity index (χ0n) is 9.07. The van der Waals surface area contributed by atoms with E-state index in [1.165, 1.54) is 0 Å². The monoisotopic (exact) mass is 271 g/mol. The largest absolute Gasteiger partial charge is 0.434 e. The Morgan fingerprint density at radius 1 is 1.22 bits per heavy atom. The highest BCUT2D eigenvalue weighted by Crippen LogP contribution is 2.33. The summed E-state index contributed by atoms with van der Waals surface area (Å²) in [6, 6.07) is 6.74. The van der Waals surface area contributed by atoms with Gasteiger partial charge in [-0.1, -0.05) is 24.3 Å². The van der Waals surface area contributed by atoms with Gasteiger partial charge in [0.05, 0.1) is 0 Å². The molecule has 0 fully saturated rings. The molecule has 1 aromatic carbocycles. The maximum atomic E-state index is 12.4. The third-order valence-corrected chi connectivity index (χ3v) is 3.21. The van der Waals surface area contributed by atoms with Crippen molar-refractivity contribution in [2.75, 3.05) is 0 Å². The second-order valence-electron chi connectivity index (χ2n) is 3.60. The third-order valence-electron chi connectivity index (χ3n) is 2.31. The summed E-state index contributed by atoms with van der Waals surface area (Å²) in [6.45, 7) is 0. The van der Waals surface area contributed by atoms with Crippen molar-refractivity contribution < 1.29 is 18.0 Å². The zero-order valence-corrected chi connectivity index (χ0v) is 9.89. The van der Waals surface area contributed by atoms with Crippen LogP contribution in [0.3, 0.4) is 0 Å². The van der Waals surface area contributed by atoms with Crippen molar-refractivity contribution >= 4 is 17.6 Å². The molecular formula is C12H8F3NOS. The van der Waals surface area contributed by atoms with Crippen LogP contribution in [0.5, 0.6) is 0 Å². The van der Waals surface area contributed by atoms with E-state index in [4.69, 9.17) is 0 Å². The molecular weight excluding hydrogens is 263 g/mol. The van der Waals surface area contributed by atoms with Crippen molar-refractivity contribution in [2.45, 2.75) is 12.6 Å². The summed E-state index contributed by atoms with van der Waals surface area (Å²) in [4.78, 5) is 13.9. The van der Waals surface area contributed by atoms with Gasteiger partial charge in [-0.25, -0.2) is 4.98 Å². The van der Waals surface area contributed by atoms with Crippen molar-refractivity contribution in [3.63, 3.8) is 0 Å². The van der Waals surface area contributed by atoms with E-state index in [1.807, 2.05) is 0 Å². The number of carbonyl (C=O) groups is 1. The van der Waals surface area contributed by atoms with Crippen molar-refractivity contribution in [2.24, 2.45) is 0 Å². The number of aromatic nitrogens is 1. The van der Waals surface area contributed by atoms with Gasteiger partial charge in [-0.2, -0.15) is 13.2 Å². The first-order valence-corrected chi connectivity index (χ1v) is 5.94. The van der Waals surface area contributed by atoms with E-state index in [9.17, 15) is 18.0 Å². The molecule has 0 radical (unpaired) electrons. The van der Waals surface area contributed by atoms with Gasteiger partial charge >= 0.3 is 6.18 Å². The van der Waals surface area contributed by atoms with Crippen molar-refractivity contribution in [3.8, 4) is 10.6 Å². The molecule has 0 aliphatic rings. The molecule has 2 aromatic rings. The van der Waals surface area contributed by atoms with E-state index in [0.29, 0.717) is 17.0 Å². The van der Waals surface area contributed by atoms with Gasteiger partial charge in [0.2, 0.25) is 0 Å². The van der Waals surface area contributed by atoms with Gasteiger partial charge in [-0.3, -0.25) is 0 Å². The highest BCUT2D eigenvalue weighted by atomic mass is 32.1. The summed E-state index contributed by atoms with van der Waals surface area (Å²) in [7, 11) is 0. The van der Waals surface area contributed by atoms with Crippen LogP contribution in [-0.2, 0) is 17.4 Å². The zero-order chi connectivity index (χ0) is 13.2. The predicted molar refractivity (Wildman–Crippen MR) is 62.3 cm³/mol. The number of halogens is 3. The maximum Gasteiger partial charge on any atom is 0.434 e. The van der Waals surface area contributed by atoms with Crippen LogP contribution >= 0.6 is 11.3 Å². The third kappa shape index (κ3) is 2.76. The molecule has 1 aromatic heterocycles. The van der Waals surface area contributed by atoms with Crippen LogP contribution in [0.15, 0.2) is 29.6 Å². The quantitative estimate of drug-likeness (QED) is 0.799. The van der Waals surface area contributed by atoms with Crippen molar-refractivity contribution in [1.29, 1.82) is 0 Å². The van der Waals surface area contributed by atoms with Gasteiger partial charge in [0, 0.05) is 17.4 Å². The number of thiazole rings is 1. The molecule has 18 heavy (non-hydrogen) atoms. The summed E-state index contributed by atoms with van der Waals surface area (Å²) in [5.41, 5.74) is 0.561. The first kappa shape index (κ1) is 12.8. The molecule has 0 amide bonds. The molecule has 0 aliphatic heterocycles. The van der Waals surface area contributed by atoms with Gasteiger partial charge in [0.25, 0.3) is 0 Å². The second kappa shape index (κ2) is 4.89. The van der Waals surface area contributed by atoms with Crippen LogP contribution in [0.2, 0.25) is 0 Å². The molecule has 0 N–H and O–H groups in total. The van der Waals surface area contributed by atoms with Crippen LogP contribution < -0.4 is 0 Å². The van der Waals surface area contributed by atoms with E-state index in [1.54, 1.807) is 24.3 Å². The molecule has 0 bridgehead atoms. The highest BCUT2D eigenvalue weighted by molar-refractivity contribution is 7.13. The molecule has 0 spiro atoms. The molecule has 94 valence electrons. The Morgan fingerprint density at radius 3 is 2.39 bits per heavy atom. The summed E-state index contributed by atoms with van der Waals surface area (Å²) >= 11 is 0.948. The van der Waals surface area contributed by atoms with Gasteiger partial charge < -0.3 is 4.79 Å². The van der Waals surface area contributed by atoms with Crippen LogP contribution in [0.4, 0.5) is 13.2 Å². The number of hydrogen-bond donors (Lipinski definition) is 0. The molecule has 1 heterocycles. The first-order chi connectivity index (χ1) is 8.50. The standard InChI is InChI=1S/C12H8F3NOS/c13-12(14,15)10-7-18-11(16-10)9-3-1-8(2-4-9)5-6-17/h1-4,6-7H,5H2. The van der Waals surface area contributed by atoms with E-state index in [2.05, 4.69) is 4.98 Å². The van der Waals surface area contributed by atoms with Crippen LogP contribution in [0.25, 0.3) is 10.6 Å². The SMILES string of the molecule is O=CCc1ccc(-c2nc(C(F)(F)F)cs2)cc1. The Bertz CT molecular complexity index is 545. The van der Waals surface area contributed by atoms with Gasteiger partial charge in [-0.05, 0) is 5.56 Å². The van der Waals surface area contributed by atoms with Crippen LogP contribution in [-0.4, -0.2) is 11.3 Å². The molecule has 6 heteroatoms. The number of benzene rings is 1. The number of rotatable bonds is 3. The second-order valence-corrected chi connectivity index (χ2v) is 4.46. The number of nitrogens with zero attached hydrogens (tertiary/aromatic N) is 1. The number of alkyl halides is 3. The predicted octanol–water partition coefficient (Wildman–Crippen LogP) is 3.57. The molecule has 0 atom stereocenters. The lowest BCUT2D eigenvalue weighted by Gasteiger charge is -2.01. The van der Waals surface area contributed by atoms with Crippen LogP contribution in [0, 0.1) is 0 Å². The average molecular weight is 271 g/mol. The fraction of sp³-hybridized carbons (Fsp3) is 0.167. The number of carbonyl (C=O) groups excluding carboxylic acids is 1. The summed E-state index contributed by atoms with van der Waals surface area (Å²) in [5, 5.41) is 1.31. The van der Waals surface area contributed by atoms with Crippen LogP contribution in [0.1, 0.15) is 11.3 Å². The van der Waals surface area contributed by atoms with Gasteiger partial charge in [0.1, 0.15) is 11.3 Å². The minimum absolute atomic E-state index is 0.298. The van der Waals surface area contributed by atoms with Gasteiger partial charge in [-0.15, -0.1) is 11.3 Å². The van der Waals surface area contributed by atoms with Gasteiger partial charge in [0.15, 0.2) is 5.69 Å². The lowest BCUT2D eigenvalue weighted by Crippen LogP contribution is -2.04. The van der Waals surface area contributed by atoms with Crippen molar-refractivity contribution in [3.05, 3.63) is 40.9 Å². The van der Waals surface area contributed by atoms with Crippen molar-refractivity contribution in [1.82, 2.24) is 4.98 Å². The molecule has 2 rings (SSSR count). The summed E-state index contributed by atoms with van der Waals surface area (Å²) in [5.74, 6) is 0. The minimum atomic E-state index is -4.41. The lowest BCUT2D eigenvalue weighted by molar-refractivity contribution is -0.140.